The number of carbonyl (C=O) groups excluding carboxylic acids is 2. The van der Waals surface area contributed by atoms with Crippen molar-refractivity contribution in [2.75, 3.05) is 44.7 Å². The van der Waals surface area contributed by atoms with Crippen LogP contribution in [0.5, 0.6) is 0 Å². The van der Waals surface area contributed by atoms with Gasteiger partial charge < -0.3 is 20.0 Å². The minimum atomic E-state index is -0.401. The second kappa shape index (κ2) is 6.90. The van der Waals surface area contributed by atoms with Gasteiger partial charge in [-0.15, -0.1) is 0 Å². The smallest absolute Gasteiger partial charge is 0.317 e. The second-order valence-electron chi connectivity index (χ2n) is 8.84. The number of nitrogens with one attached hydrogen (secondary N) is 1. The maximum Gasteiger partial charge on any atom is 0.317 e. The molecule has 4 heterocycles. The molecule has 1 aromatic rings. The van der Waals surface area contributed by atoms with Crippen LogP contribution in [0, 0.1) is 10.8 Å². The Morgan fingerprint density at radius 1 is 1.11 bits per heavy atom. The Morgan fingerprint density at radius 3 is 2.36 bits per heavy atom. The Morgan fingerprint density at radius 2 is 1.79 bits per heavy atom. The van der Waals surface area contributed by atoms with Crippen LogP contribution in [0.1, 0.15) is 33.1 Å². The number of anilines is 1. The van der Waals surface area contributed by atoms with Crippen molar-refractivity contribution in [1.82, 2.24) is 25.1 Å². The fraction of sp³-hybridized carbons (Fsp3) is 0.700. The highest BCUT2D eigenvalue weighted by atomic mass is 16.2. The van der Waals surface area contributed by atoms with Crippen LogP contribution < -0.4 is 10.2 Å². The molecule has 0 radical (unpaired) electrons. The fourth-order valence-corrected chi connectivity index (χ4v) is 5.35. The van der Waals surface area contributed by atoms with E-state index >= 15 is 0 Å². The van der Waals surface area contributed by atoms with Gasteiger partial charge in [-0.1, -0.05) is 0 Å². The van der Waals surface area contributed by atoms with Gasteiger partial charge in [0.25, 0.3) is 0 Å². The van der Waals surface area contributed by atoms with Crippen molar-refractivity contribution in [2.24, 2.45) is 10.8 Å². The van der Waals surface area contributed by atoms with Gasteiger partial charge in [-0.05, 0) is 39.2 Å². The van der Waals surface area contributed by atoms with Gasteiger partial charge in [0, 0.05) is 63.6 Å². The van der Waals surface area contributed by atoms with Crippen molar-refractivity contribution in [2.45, 2.75) is 39.2 Å². The number of hydrogen-bond donors (Lipinski definition) is 1. The van der Waals surface area contributed by atoms with Gasteiger partial charge in [-0.2, -0.15) is 0 Å². The zero-order chi connectivity index (χ0) is 19.9. The minimum Gasteiger partial charge on any atom is -0.345 e. The van der Waals surface area contributed by atoms with Crippen LogP contribution in [0.3, 0.4) is 0 Å². The van der Waals surface area contributed by atoms with Gasteiger partial charge in [0.1, 0.15) is 0 Å². The third-order valence-electron chi connectivity index (χ3n) is 6.85. The predicted molar refractivity (Wildman–Crippen MR) is 106 cm³/mol. The number of carbonyl (C=O) groups is 2. The van der Waals surface area contributed by atoms with Crippen molar-refractivity contribution in [3.05, 3.63) is 18.5 Å². The first kappa shape index (κ1) is 19.0. The minimum absolute atomic E-state index is 0.00462. The van der Waals surface area contributed by atoms with Crippen molar-refractivity contribution in [3.8, 4) is 0 Å². The summed E-state index contributed by atoms with van der Waals surface area (Å²) in [7, 11) is 1.90. The lowest BCUT2D eigenvalue weighted by molar-refractivity contribution is -0.140. The first-order valence-electron chi connectivity index (χ1n) is 10.2. The van der Waals surface area contributed by atoms with E-state index in [9.17, 15) is 9.59 Å². The van der Waals surface area contributed by atoms with E-state index in [1.54, 1.807) is 12.4 Å². The second-order valence-corrected chi connectivity index (χ2v) is 8.84. The predicted octanol–water partition coefficient (Wildman–Crippen LogP) is 1.35. The van der Waals surface area contributed by atoms with Crippen molar-refractivity contribution >= 4 is 17.9 Å². The molecule has 3 fully saturated rings. The Balaban J connectivity index is 1.59. The molecule has 1 unspecified atom stereocenters. The van der Waals surface area contributed by atoms with Crippen LogP contribution in [0.15, 0.2) is 18.5 Å². The average Bonchev–Trinajstić information content (AvgIpc) is 3.16. The largest absolute Gasteiger partial charge is 0.345 e. The third-order valence-corrected chi connectivity index (χ3v) is 6.85. The van der Waals surface area contributed by atoms with E-state index in [-0.39, 0.29) is 23.4 Å². The molecule has 0 bridgehead atoms. The number of nitrogens with zero attached hydrogens (tertiary/aromatic N) is 5. The molecule has 0 aliphatic carbocycles. The summed E-state index contributed by atoms with van der Waals surface area (Å²) in [4.78, 5) is 40.5. The number of urea groups is 1. The van der Waals surface area contributed by atoms with E-state index in [0.29, 0.717) is 25.6 Å². The normalized spacial score (nSPS) is 26.7. The Labute approximate surface area is 166 Å². The van der Waals surface area contributed by atoms with E-state index in [1.165, 1.54) is 0 Å². The molecule has 3 aliphatic rings. The number of fused-ring (bicyclic) bond motifs is 1. The Bertz CT molecular complexity index is 746. The molecular formula is C20H30N6O2. The third kappa shape index (κ3) is 2.89. The highest BCUT2D eigenvalue weighted by molar-refractivity contribution is 5.87. The van der Waals surface area contributed by atoms with Crippen molar-refractivity contribution < 1.29 is 9.59 Å². The molecular weight excluding hydrogens is 356 g/mol. The maximum atomic E-state index is 13.3. The molecule has 0 aromatic carbocycles. The Kier molecular flexibility index (Phi) is 4.67. The first-order valence-corrected chi connectivity index (χ1v) is 10.2. The zero-order valence-corrected chi connectivity index (χ0v) is 17.0. The number of likely N-dealkylation sites (tertiary alicyclic amines) is 2. The van der Waals surface area contributed by atoms with Gasteiger partial charge in [-0.3, -0.25) is 4.79 Å². The van der Waals surface area contributed by atoms with E-state index < -0.39 is 5.41 Å². The standard InChI is InChI=1S/C20H30N6O2/c1-15(2)23-18(28)25-11-5-19(6-12-25)13-26(17-21-8-4-9-22-17)14-20(19)7-10-24(3)16(20)27/h4,8-9,15H,5-7,10-14H2,1-3H3,(H,23,28). The van der Waals surface area contributed by atoms with Gasteiger partial charge >= 0.3 is 6.03 Å². The van der Waals surface area contributed by atoms with Gasteiger partial charge in [0.15, 0.2) is 0 Å². The molecule has 3 aliphatic heterocycles. The number of hydrogen-bond acceptors (Lipinski definition) is 5. The monoisotopic (exact) mass is 386 g/mol. The first-order chi connectivity index (χ1) is 13.4. The van der Waals surface area contributed by atoms with Gasteiger partial charge in [-0.25, -0.2) is 14.8 Å². The summed E-state index contributed by atoms with van der Waals surface area (Å²) in [5.41, 5.74) is -0.537. The topological polar surface area (TPSA) is 81.7 Å². The van der Waals surface area contributed by atoms with Crippen LogP contribution >= 0.6 is 0 Å². The van der Waals surface area contributed by atoms with Crippen LogP contribution in [0.4, 0.5) is 10.7 Å². The molecule has 1 N–H and O–H groups in total. The lowest BCUT2D eigenvalue weighted by atomic mass is 9.60. The lowest BCUT2D eigenvalue weighted by Gasteiger charge is -2.46. The molecule has 3 saturated heterocycles. The average molecular weight is 387 g/mol. The molecule has 152 valence electrons. The highest BCUT2D eigenvalue weighted by Crippen LogP contribution is 2.57. The van der Waals surface area contributed by atoms with Crippen LogP contribution in [0.25, 0.3) is 0 Å². The van der Waals surface area contributed by atoms with Crippen molar-refractivity contribution in [3.63, 3.8) is 0 Å². The quantitative estimate of drug-likeness (QED) is 0.830. The fourth-order valence-electron chi connectivity index (χ4n) is 5.35. The summed E-state index contributed by atoms with van der Waals surface area (Å²) in [6.45, 7) is 7.54. The molecule has 1 aromatic heterocycles. The molecule has 4 rings (SSSR count). The molecule has 3 amide bonds. The number of amides is 3. The number of piperidine rings is 1. The summed E-state index contributed by atoms with van der Waals surface area (Å²) < 4.78 is 0. The Hall–Kier alpha value is -2.38. The highest BCUT2D eigenvalue weighted by Gasteiger charge is 2.65. The zero-order valence-electron chi connectivity index (χ0n) is 17.0. The summed E-state index contributed by atoms with van der Waals surface area (Å²) in [6, 6.07) is 1.93. The molecule has 28 heavy (non-hydrogen) atoms. The molecule has 0 saturated carbocycles. The molecule has 1 atom stereocenters. The summed E-state index contributed by atoms with van der Waals surface area (Å²) >= 11 is 0. The van der Waals surface area contributed by atoms with Crippen LogP contribution in [0.2, 0.25) is 0 Å². The molecule has 8 nitrogen and oxygen atoms in total. The van der Waals surface area contributed by atoms with Gasteiger partial charge in [0.05, 0.1) is 5.41 Å². The van der Waals surface area contributed by atoms with Crippen LogP contribution in [-0.4, -0.2) is 77.5 Å². The summed E-state index contributed by atoms with van der Waals surface area (Å²) in [5.74, 6) is 0.937. The SMILES string of the molecule is CC(C)NC(=O)N1CCC2(CC1)CN(c1ncccn1)CC21CCN(C)C1=O. The van der Waals surface area contributed by atoms with Gasteiger partial charge in [0.2, 0.25) is 11.9 Å². The van der Waals surface area contributed by atoms with Crippen LogP contribution in [-0.2, 0) is 4.79 Å². The van der Waals surface area contributed by atoms with E-state index in [4.69, 9.17) is 0 Å². The van der Waals surface area contributed by atoms with E-state index in [1.807, 2.05) is 36.8 Å². The number of rotatable bonds is 2. The maximum absolute atomic E-state index is 13.3. The van der Waals surface area contributed by atoms with Crippen molar-refractivity contribution in [1.29, 1.82) is 0 Å². The van der Waals surface area contributed by atoms with E-state index in [0.717, 1.165) is 32.4 Å². The summed E-state index contributed by atoms with van der Waals surface area (Å²) in [6.07, 6.45) is 6.04. The summed E-state index contributed by atoms with van der Waals surface area (Å²) in [5, 5.41) is 2.98. The molecule has 2 spiro atoms. The lowest BCUT2D eigenvalue weighted by Crippen LogP contribution is -2.55. The van der Waals surface area contributed by atoms with E-state index in [2.05, 4.69) is 20.2 Å². The number of aromatic nitrogens is 2. The molecule has 8 heteroatoms.